The fraction of sp³-hybridized carbons (Fsp3) is 0.400. The molecule has 5 rings (SSSR count). The number of hydrogen-bond acceptors (Lipinski definition) is 11. The lowest BCUT2D eigenvalue weighted by Crippen LogP contribution is -2.33. The number of benzene rings is 1. The van der Waals surface area contributed by atoms with Crippen LogP contribution >= 0.6 is 23.1 Å². The molecule has 10 nitrogen and oxygen atoms in total. The number of para-hydroxylation sites is 1. The largest absolute Gasteiger partial charge is 0.394 e. The molecule has 1 aliphatic rings. The summed E-state index contributed by atoms with van der Waals surface area (Å²) in [6.45, 7) is 1.66. The summed E-state index contributed by atoms with van der Waals surface area (Å²) >= 11 is 3.35. The molecule has 1 aliphatic heterocycles. The predicted molar refractivity (Wildman–Crippen MR) is 122 cm³/mol. The molecule has 0 unspecified atom stereocenters. The van der Waals surface area contributed by atoms with Crippen LogP contribution in [0.3, 0.4) is 0 Å². The van der Waals surface area contributed by atoms with Crippen molar-refractivity contribution in [3.8, 4) is 0 Å². The number of thioether (sulfide) groups is 1. The number of nitrogens with zero attached hydrogens (tertiary/aromatic N) is 5. The summed E-state index contributed by atoms with van der Waals surface area (Å²) in [6.07, 6.45) is -1.27. The third kappa shape index (κ3) is 3.93. The number of fused-ring (bicyclic) bond motifs is 2. The molecular formula is C20H22N6O4S2. The molecule has 1 fully saturated rings. The molecule has 0 aliphatic carbocycles. The van der Waals surface area contributed by atoms with Gasteiger partial charge >= 0.3 is 0 Å². The van der Waals surface area contributed by atoms with Crippen LogP contribution < -0.4 is 5.32 Å². The van der Waals surface area contributed by atoms with Gasteiger partial charge in [-0.25, -0.2) is 19.9 Å². The number of imidazole rings is 1. The van der Waals surface area contributed by atoms with Gasteiger partial charge in [-0.15, -0.1) is 11.3 Å². The number of aromatic nitrogens is 5. The zero-order valence-corrected chi connectivity index (χ0v) is 18.7. The van der Waals surface area contributed by atoms with Crippen LogP contribution in [0, 0.1) is 0 Å². The van der Waals surface area contributed by atoms with Gasteiger partial charge in [-0.3, -0.25) is 4.57 Å². The lowest BCUT2D eigenvalue weighted by molar-refractivity contribution is -0.0511. The quantitative estimate of drug-likeness (QED) is 0.292. The minimum atomic E-state index is -1.21. The van der Waals surface area contributed by atoms with E-state index in [1.165, 1.54) is 17.4 Å². The normalized spacial score (nSPS) is 24.4. The number of nitrogens with one attached hydrogen (secondary N) is 1. The topological polar surface area (TPSA) is 138 Å². The number of hydrogen-bond donors (Lipinski definition) is 4. The number of aliphatic hydroxyl groups excluding tert-OH is 3. The maximum atomic E-state index is 10.3. The van der Waals surface area contributed by atoms with E-state index in [0.717, 1.165) is 15.6 Å². The Bertz CT molecular complexity index is 1200. The van der Waals surface area contributed by atoms with Crippen LogP contribution in [-0.2, 0) is 4.74 Å². The van der Waals surface area contributed by atoms with Gasteiger partial charge in [0.05, 0.1) is 23.2 Å². The second-order valence-electron chi connectivity index (χ2n) is 7.58. The molecule has 0 saturated carbocycles. The van der Waals surface area contributed by atoms with Crippen LogP contribution in [0.5, 0.6) is 0 Å². The van der Waals surface area contributed by atoms with Gasteiger partial charge < -0.3 is 25.4 Å². The van der Waals surface area contributed by atoms with E-state index in [0.29, 0.717) is 17.0 Å². The molecule has 1 aromatic carbocycles. The second kappa shape index (κ2) is 8.89. The van der Waals surface area contributed by atoms with E-state index in [1.54, 1.807) is 27.7 Å². The molecule has 4 heterocycles. The highest BCUT2D eigenvalue weighted by Crippen LogP contribution is 2.33. The number of anilines is 1. The zero-order chi connectivity index (χ0) is 22.2. The molecular weight excluding hydrogens is 452 g/mol. The first-order valence-electron chi connectivity index (χ1n) is 10.1. The Kier molecular flexibility index (Phi) is 5.97. The zero-order valence-electron chi connectivity index (χ0n) is 17.1. The molecule has 1 saturated heterocycles. The first-order chi connectivity index (χ1) is 15.5. The molecule has 4 N–H and O–H groups in total. The van der Waals surface area contributed by atoms with E-state index in [4.69, 9.17) is 4.74 Å². The van der Waals surface area contributed by atoms with E-state index in [1.807, 2.05) is 18.2 Å². The van der Waals surface area contributed by atoms with Crippen molar-refractivity contribution < 1.29 is 20.1 Å². The summed E-state index contributed by atoms with van der Waals surface area (Å²) in [5.74, 6) is 1.35. The molecule has 0 bridgehead atoms. The molecule has 5 atom stereocenters. The van der Waals surface area contributed by atoms with E-state index in [9.17, 15) is 15.3 Å². The van der Waals surface area contributed by atoms with E-state index in [-0.39, 0.29) is 6.04 Å². The van der Waals surface area contributed by atoms with E-state index in [2.05, 4.69) is 38.2 Å². The standard InChI is InChI=1S/C20H22N6O4S2/c1-10(7-31-20-25-11-4-2-3-5-13(11)32-20)24-17-14-18(22-8-21-17)26(9-23-14)19-16(29)15(28)12(6-27)30-19/h2-5,8-10,12,15-16,19,27-29H,6-7H2,1H3,(H,21,22,24)/t10-,12-,15-,16-,19-/m1/s1. The second-order valence-corrected chi connectivity index (χ2v) is 9.88. The third-order valence-electron chi connectivity index (χ3n) is 5.26. The summed E-state index contributed by atoms with van der Waals surface area (Å²) in [4.78, 5) is 17.7. The van der Waals surface area contributed by atoms with Crippen molar-refractivity contribution in [2.24, 2.45) is 0 Å². The smallest absolute Gasteiger partial charge is 0.167 e. The minimum Gasteiger partial charge on any atom is -0.394 e. The SMILES string of the molecule is C[C@H](CSc1nc2ccccc2s1)Nc1ncnc2c1ncn2[C@@H]1O[C@H](CO)[C@@H](O)[C@H]1O. The highest BCUT2D eigenvalue weighted by Gasteiger charge is 2.44. The lowest BCUT2D eigenvalue weighted by Gasteiger charge is -2.17. The number of thiazole rings is 1. The predicted octanol–water partition coefficient (Wildman–Crippen LogP) is 1.64. The average molecular weight is 475 g/mol. The van der Waals surface area contributed by atoms with Crippen LogP contribution in [-0.4, -0.2) is 76.5 Å². The first kappa shape index (κ1) is 21.5. The molecule has 0 spiro atoms. The van der Waals surface area contributed by atoms with Crippen molar-refractivity contribution in [2.75, 3.05) is 17.7 Å². The van der Waals surface area contributed by atoms with Gasteiger partial charge in [0.15, 0.2) is 27.5 Å². The fourth-order valence-electron chi connectivity index (χ4n) is 3.64. The average Bonchev–Trinajstić information content (AvgIpc) is 3.49. The van der Waals surface area contributed by atoms with Gasteiger partial charge in [0, 0.05) is 11.8 Å². The summed E-state index contributed by atoms with van der Waals surface area (Å²) in [6, 6.07) is 8.15. The first-order valence-corrected chi connectivity index (χ1v) is 11.9. The Balaban J connectivity index is 1.30. The van der Waals surface area contributed by atoms with Crippen molar-refractivity contribution in [2.45, 2.75) is 41.8 Å². The third-order valence-corrected chi connectivity index (χ3v) is 7.70. The van der Waals surface area contributed by atoms with Crippen LogP contribution in [0.25, 0.3) is 21.4 Å². The summed E-state index contributed by atoms with van der Waals surface area (Å²) in [7, 11) is 0. The van der Waals surface area contributed by atoms with E-state index >= 15 is 0 Å². The Morgan fingerprint density at radius 1 is 1.22 bits per heavy atom. The molecule has 3 aromatic heterocycles. The van der Waals surface area contributed by atoms with Gasteiger partial charge in [-0.2, -0.15) is 0 Å². The van der Waals surface area contributed by atoms with Crippen LogP contribution in [0.2, 0.25) is 0 Å². The summed E-state index contributed by atoms with van der Waals surface area (Å²) in [5.41, 5.74) is 2.00. The van der Waals surface area contributed by atoms with Gasteiger partial charge in [0.25, 0.3) is 0 Å². The monoisotopic (exact) mass is 474 g/mol. The van der Waals surface area contributed by atoms with Crippen LogP contribution in [0.15, 0.2) is 41.3 Å². The fourth-order valence-corrected chi connectivity index (χ4v) is 5.68. The van der Waals surface area contributed by atoms with Crippen molar-refractivity contribution in [3.05, 3.63) is 36.9 Å². The van der Waals surface area contributed by atoms with Gasteiger partial charge in [0.2, 0.25) is 0 Å². The van der Waals surface area contributed by atoms with Crippen molar-refractivity contribution in [1.29, 1.82) is 0 Å². The minimum absolute atomic E-state index is 0.0733. The van der Waals surface area contributed by atoms with Crippen molar-refractivity contribution >= 4 is 50.3 Å². The molecule has 12 heteroatoms. The van der Waals surface area contributed by atoms with Gasteiger partial charge in [-0.1, -0.05) is 23.9 Å². The van der Waals surface area contributed by atoms with Crippen LogP contribution in [0.4, 0.5) is 5.82 Å². The molecule has 32 heavy (non-hydrogen) atoms. The number of rotatable bonds is 7. The Morgan fingerprint density at radius 3 is 2.84 bits per heavy atom. The highest BCUT2D eigenvalue weighted by atomic mass is 32.2. The van der Waals surface area contributed by atoms with Crippen molar-refractivity contribution in [3.63, 3.8) is 0 Å². The summed E-state index contributed by atoms with van der Waals surface area (Å²) in [5, 5.41) is 33.1. The summed E-state index contributed by atoms with van der Waals surface area (Å²) < 4.78 is 9.34. The molecule has 0 radical (unpaired) electrons. The van der Waals surface area contributed by atoms with Gasteiger partial charge in [-0.05, 0) is 19.1 Å². The lowest BCUT2D eigenvalue weighted by atomic mass is 10.1. The maximum absolute atomic E-state index is 10.3. The maximum Gasteiger partial charge on any atom is 0.167 e. The van der Waals surface area contributed by atoms with Gasteiger partial charge in [0.1, 0.15) is 24.6 Å². The van der Waals surface area contributed by atoms with Crippen LogP contribution in [0.1, 0.15) is 13.2 Å². The number of ether oxygens (including phenoxy) is 1. The Morgan fingerprint density at radius 2 is 2.06 bits per heavy atom. The molecule has 4 aromatic rings. The highest BCUT2D eigenvalue weighted by molar-refractivity contribution is 8.01. The molecule has 0 amide bonds. The Hall–Kier alpha value is -2.35. The van der Waals surface area contributed by atoms with Crippen molar-refractivity contribution in [1.82, 2.24) is 24.5 Å². The van der Waals surface area contributed by atoms with E-state index < -0.39 is 31.1 Å². The molecule has 168 valence electrons. The Labute approximate surface area is 191 Å². The number of aliphatic hydroxyl groups is 3.